The van der Waals surface area contributed by atoms with E-state index in [1.165, 1.54) is 7.11 Å². The van der Waals surface area contributed by atoms with Crippen LogP contribution in [0.5, 0.6) is 5.75 Å². The molecule has 0 radical (unpaired) electrons. The summed E-state index contributed by atoms with van der Waals surface area (Å²) in [4.78, 5) is 0. The third-order valence-corrected chi connectivity index (χ3v) is 3.13. The number of hydrogen-bond acceptors (Lipinski definition) is 3. The van der Waals surface area contributed by atoms with Crippen LogP contribution < -0.4 is 15.8 Å². The van der Waals surface area contributed by atoms with Crippen LogP contribution in [0.3, 0.4) is 0 Å². The maximum absolute atomic E-state index is 13.9. The van der Waals surface area contributed by atoms with Gasteiger partial charge < -0.3 is 15.8 Å². The lowest BCUT2D eigenvalue weighted by molar-refractivity contribution is 0.370. The van der Waals surface area contributed by atoms with Crippen LogP contribution in [0.15, 0.2) is 12.1 Å². The van der Waals surface area contributed by atoms with Crippen LogP contribution in [0.1, 0.15) is 24.9 Å². The average Bonchev–Trinajstić information content (AvgIpc) is 2.37. The monoisotopic (exact) mass is 258 g/mol. The van der Waals surface area contributed by atoms with Crippen molar-refractivity contribution in [3.8, 4) is 5.75 Å². The number of ether oxygens (including phenoxy) is 1. The fraction of sp³-hybridized carbons (Fsp3) is 0.538. The van der Waals surface area contributed by atoms with Crippen molar-refractivity contribution in [2.45, 2.75) is 19.4 Å². The molecule has 0 spiro atoms. The zero-order valence-corrected chi connectivity index (χ0v) is 11.0. The zero-order valence-electron chi connectivity index (χ0n) is 11.0. The molecule has 0 saturated heterocycles. The van der Waals surface area contributed by atoms with Gasteiger partial charge in [0.2, 0.25) is 0 Å². The fourth-order valence-corrected chi connectivity index (χ4v) is 2.00. The second kappa shape index (κ2) is 6.66. The summed E-state index contributed by atoms with van der Waals surface area (Å²) in [5, 5.41) is 3.01. The first kappa shape index (κ1) is 14.9. The first-order chi connectivity index (χ1) is 8.54. The van der Waals surface area contributed by atoms with Gasteiger partial charge in [0.15, 0.2) is 11.6 Å². The maximum atomic E-state index is 13.9. The molecule has 0 heterocycles. The molecule has 0 aliphatic rings. The molecule has 0 fully saturated rings. The van der Waals surface area contributed by atoms with Crippen LogP contribution in [-0.2, 0) is 0 Å². The Morgan fingerprint density at radius 2 is 2.00 bits per heavy atom. The van der Waals surface area contributed by atoms with Gasteiger partial charge >= 0.3 is 0 Å². The van der Waals surface area contributed by atoms with E-state index < -0.39 is 17.7 Å². The third kappa shape index (κ3) is 3.17. The Morgan fingerprint density at radius 1 is 1.33 bits per heavy atom. The van der Waals surface area contributed by atoms with Crippen molar-refractivity contribution in [3.05, 3.63) is 29.3 Å². The van der Waals surface area contributed by atoms with Gasteiger partial charge in [-0.1, -0.05) is 13.3 Å². The normalized spacial score (nSPS) is 14.3. The number of rotatable bonds is 6. The quantitative estimate of drug-likeness (QED) is 0.822. The number of methoxy groups -OCH3 is 1. The summed E-state index contributed by atoms with van der Waals surface area (Å²) in [5.74, 6) is -1.18. The van der Waals surface area contributed by atoms with Crippen LogP contribution >= 0.6 is 0 Å². The molecular formula is C13H20F2N2O. The molecule has 0 aliphatic heterocycles. The van der Waals surface area contributed by atoms with Gasteiger partial charge in [0.1, 0.15) is 5.82 Å². The smallest absolute Gasteiger partial charge is 0.165 e. The summed E-state index contributed by atoms with van der Waals surface area (Å²) in [6, 6.07) is 1.62. The van der Waals surface area contributed by atoms with Gasteiger partial charge in [-0.3, -0.25) is 0 Å². The van der Waals surface area contributed by atoms with E-state index in [0.29, 0.717) is 6.54 Å². The van der Waals surface area contributed by atoms with E-state index in [-0.39, 0.29) is 17.2 Å². The molecule has 1 aromatic rings. The third-order valence-electron chi connectivity index (χ3n) is 3.13. The molecule has 0 saturated carbocycles. The van der Waals surface area contributed by atoms with Crippen molar-refractivity contribution in [1.82, 2.24) is 5.32 Å². The second-order valence-electron chi connectivity index (χ2n) is 4.26. The van der Waals surface area contributed by atoms with Gasteiger partial charge in [-0.05, 0) is 25.6 Å². The van der Waals surface area contributed by atoms with E-state index in [0.717, 1.165) is 18.6 Å². The lowest BCUT2D eigenvalue weighted by Gasteiger charge is -2.23. The highest BCUT2D eigenvalue weighted by molar-refractivity contribution is 5.32. The predicted molar refractivity (Wildman–Crippen MR) is 67.5 cm³/mol. The summed E-state index contributed by atoms with van der Waals surface area (Å²) in [6.07, 6.45) is 0.787. The topological polar surface area (TPSA) is 47.3 Å². The molecular weight excluding hydrogens is 238 g/mol. The highest BCUT2D eigenvalue weighted by Gasteiger charge is 2.22. The van der Waals surface area contributed by atoms with Gasteiger partial charge in [-0.25, -0.2) is 8.78 Å². The summed E-state index contributed by atoms with van der Waals surface area (Å²) in [6.45, 7) is 2.63. The highest BCUT2D eigenvalue weighted by atomic mass is 19.1. The fourth-order valence-electron chi connectivity index (χ4n) is 2.00. The lowest BCUT2D eigenvalue weighted by Crippen LogP contribution is -2.30. The molecule has 102 valence electrons. The molecule has 0 aromatic heterocycles. The Bertz CT molecular complexity index is 399. The minimum absolute atomic E-state index is 0.0531. The number of nitrogens with one attached hydrogen (secondary N) is 1. The molecule has 3 N–H and O–H groups in total. The SMILES string of the molecule is CCC(CNC)C(N)c1cc(F)c(OC)cc1F. The van der Waals surface area contributed by atoms with Crippen molar-refractivity contribution in [1.29, 1.82) is 0 Å². The number of halogens is 2. The molecule has 1 rings (SSSR count). The summed E-state index contributed by atoms with van der Waals surface area (Å²) in [7, 11) is 3.10. The second-order valence-corrected chi connectivity index (χ2v) is 4.26. The standard InChI is InChI=1S/C13H20F2N2O/c1-4-8(7-17-2)13(16)9-5-11(15)12(18-3)6-10(9)14/h5-6,8,13,17H,4,7,16H2,1-3H3. The minimum Gasteiger partial charge on any atom is -0.494 e. The minimum atomic E-state index is -0.594. The summed E-state index contributed by atoms with van der Waals surface area (Å²) < 4.78 is 32.2. The average molecular weight is 258 g/mol. The van der Waals surface area contributed by atoms with Crippen molar-refractivity contribution in [3.63, 3.8) is 0 Å². The van der Waals surface area contributed by atoms with E-state index in [9.17, 15) is 8.78 Å². The van der Waals surface area contributed by atoms with Crippen molar-refractivity contribution >= 4 is 0 Å². The molecule has 1 aromatic carbocycles. The Hall–Kier alpha value is -1.20. The number of hydrogen-bond donors (Lipinski definition) is 2. The molecule has 3 nitrogen and oxygen atoms in total. The summed E-state index contributed by atoms with van der Waals surface area (Å²) >= 11 is 0. The van der Waals surface area contributed by atoms with Crippen molar-refractivity contribution < 1.29 is 13.5 Å². The Morgan fingerprint density at radius 3 is 2.50 bits per heavy atom. The van der Waals surface area contributed by atoms with E-state index in [1.807, 2.05) is 6.92 Å². The van der Waals surface area contributed by atoms with Crippen LogP contribution in [0.4, 0.5) is 8.78 Å². The maximum Gasteiger partial charge on any atom is 0.165 e. The molecule has 18 heavy (non-hydrogen) atoms. The van der Waals surface area contributed by atoms with Crippen LogP contribution in [0, 0.1) is 17.6 Å². The van der Waals surface area contributed by atoms with Crippen molar-refractivity contribution in [2.75, 3.05) is 20.7 Å². The van der Waals surface area contributed by atoms with Gasteiger partial charge in [-0.2, -0.15) is 0 Å². The molecule has 0 amide bonds. The van der Waals surface area contributed by atoms with Crippen LogP contribution in [0.25, 0.3) is 0 Å². The van der Waals surface area contributed by atoms with Gasteiger partial charge in [0.25, 0.3) is 0 Å². The first-order valence-electron chi connectivity index (χ1n) is 5.98. The van der Waals surface area contributed by atoms with Gasteiger partial charge in [0, 0.05) is 17.7 Å². The van der Waals surface area contributed by atoms with Gasteiger partial charge in [0.05, 0.1) is 7.11 Å². The molecule has 2 atom stereocenters. The molecule has 5 heteroatoms. The number of benzene rings is 1. The highest BCUT2D eigenvalue weighted by Crippen LogP contribution is 2.29. The largest absolute Gasteiger partial charge is 0.494 e. The summed E-state index contributed by atoms with van der Waals surface area (Å²) in [5.41, 5.74) is 6.20. The molecule has 0 aliphatic carbocycles. The van der Waals surface area contributed by atoms with E-state index in [2.05, 4.69) is 5.32 Å². The Kier molecular flexibility index (Phi) is 5.50. The van der Waals surface area contributed by atoms with Crippen LogP contribution in [0.2, 0.25) is 0 Å². The number of nitrogens with two attached hydrogens (primary N) is 1. The molecule has 0 bridgehead atoms. The van der Waals surface area contributed by atoms with E-state index in [1.54, 1.807) is 7.05 Å². The zero-order chi connectivity index (χ0) is 13.7. The van der Waals surface area contributed by atoms with Crippen LogP contribution in [-0.4, -0.2) is 20.7 Å². The van der Waals surface area contributed by atoms with E-state index >= 15 is 0 Å². The van der Waals surface area contributed by atoms with E-state index in [4.69, 9.17) is 10.5 Å². The van der Waals surface area contributed by atoms with Gasteiger partial charge in [-0.15, -0.1) is 0 Å². The Balaban J connectivity index is 3.04. The Labute approximate surface area is 106 Å². The molecule has 2 unspecified atom stereocenters. The predicted octanol–water partition coefficient (Wildman–Crippen LogP) is 2.22. The van der Waals surface area contributed by atoms with Crippen molar-refractivity contribution in [2.24, 2.45) is 11.7 Å². The lowest BCUT2D eigenvalue weighted by atomic mass is 9.91. The first-order valence-corrected chi connectivity index (χ1v) is 5.98.